The zero-order valence-corrected chi connectivity index (χ0v) is 10.5. The van der Waals surface area contributed by atoms with Crippen LogP contribution in [0.4, 0.5) is 0 Å². The minimum Gasteiger partial charge on any atom is -0.274 e. The molecular formula is C12H16N6. The van der Waals surface area contributed by atoms with E-state index in [1.165, 1.54) is 17.7 Å². The molecule has 0 spiro atoms. The van der Waals surface area contributed by atoms with Gasteiger partial charge >= 0.3 is 0 Å². The van der Waals surface area contributed by atoms with Crippen molar-refractivity contribution in [2.45, 2.75) is 32.6 Å². The van der Waals surface area contributed by atoms with Gasteiger partial charge in [-0.05, 0) is 35.8 Å². The highest BCUT2D eigenvalue weighted by molar-refractivity contribution is 5.59. The van der Waals surface area contributed by atoms with E-state index < -0.39 is 0 Å². The number of nitrogens with zero attached hydrogens (tertiary/aromatic N) is 4. The lowest BCUT2D eigenvalue weighted by Crippen LogP contribution is -1.98. The van der Waals surface area contributed by atoms with Gasteiger partial charge in [0.15, 0.2) is 0 Å². The van der Waals surface area contributed by atoms with Crippen LogP contribution < -0.4 is 0 Å². The van der Waals surface area contributed by atoms with Crippen molar-refractivity contribution >= 4 is 0 Å². The van der Waals surface area contributed by atoms with Gasteiger partial charge < -0.3 is 0 Å². The maximum absolute atomic E-state index is 4.49. The van der Waals surface area contributed by atoms with Crippen molar-refractivity contribution in [3.05, 3.63) is 11.3 Å². The fourth-order valence-electron chi connectivity index (χ4n) is 3.54. The van der Waals surface area contributed by atoms with Crippen LogP contribution in [-0.4, -0.2) is 30.8 Å². The summed E-state index contributed by atoms with van der Waals surface area (Å²) in [6, 6.07) is 0. The van der Waals surface area contributed by atoms with Crippen molar-refractivity contribution < 1.29 is 0 Å². The second kappa shape index (κ2) is 3.40. The molecule has 1 fully saturated rings. The van der Waals surface area contributed by atoms with Crippen molar-refractivity contribution in [3.63, 3.8) is 0 Å². The normalized spacial score (nSPS) is 28.5. The second-order valence-electron chi connectivity index (χ2n) is 5.88. The van der Waals surface area contributed by atoms with E-state index in [4.69, 9.17) is 0 Å². The first-order chi connectivity index (χ1) is 8.75. The zero-order valence-electron chi connectivity index (χ0n) is 10.5. The van der Waals surface area contributed by atoms with Crippen LogP contribution in [0.15, 0.2) is 0 Å². The Morgan fingerprint density at radius 1 is 1.33 bits per heavy atom. The van der Waals surface area contributed by atoms with E-state index in [1.807, 2.05) is 0 Å². The fourth-order valence-corrected chi connectivity index (χ4v) is 3.54. The predicted molar refractivity (Wildman–Crippen MR) is 64.6 cm³/mol. The molecule has 0 aliphatic heterocycles. The summed E-state index contributed by atoms with van der Waals surface area (Å²) in [6.45, 7) is 4.59. The van der Waals surface area contributed by atoms with Gasteiger partial charge in [-0.1, -0.05) is 13.8 Å². The average molecular weight is 244 g/mol. The summed E-state index contributed by atoms with van der Waals surface area (Å²) >= 11 is 0. The molecule has 6 heteroatoms. The highest BCUT2D eigenvalue weighted by atomic mass is 15.5. The standard InChI is InChI=1S/C12H16N6/c1-5(2)3-6-7-4-8-10(9(6)7)13-14-11(8)12-15-17-18-16-12/h5-7,9H,3-4H2,1-2H3,(H,13,14)(H,15,16,17,18). The van der Waals surface area contributed by atoms with Gasteiger partial charge in [0.05, 0.1) is 5.69 Å². The zero-order chi connectivity index (χ0) is 12.3. The van der Waals surface area contributed by atoms with E-state index in [1.54, 1.807) is 0 Å². The molecule has 0 aromatic carbocycles. The molecule has 6 nitrogen and oxygen atoms in total. The van der Waals surface area contributed by atoms with Gasteiger partial charge in [-0.25, -0.2) is 0 Å². The van der Waals surface area contributed by atoms with Gasteiger partial charge in [-0.3, -0.25) is 5.10 Å². The van der Waals surface area contributed by atoms with E-state index >= 15 is 0 Å². The van der Waals surface area contributed by atoms with Gasteiger partial charge in [0.1, 0.15) is 5.69 Å². The molecule has 0 amide bonds. The second-order valence-corrected chi connectivity index (χ2v) is 5.88. The van der Waals surface area contributed by atoms with E-state index in [9.17, 15) is 0 Å². The third-order valence-corrected chi connectivity index (χ3v) is 4.30. The number of aromatic nitrogens is 6. The molecule has 3 unspecified atom stereocenters. The Morgan fingerprint density at radius 3 is 2.94 bits per heavy atom. The average Bonchev–Trinajstić information content (AvgIpc) is 2.83. The lowest BCUT2D eigenvalue weighted by Gasteiger charge is -2.06. The minimum absolute atomic E-state index is 0.630. The van der Waals surface area contributed by atoms with E-state index in [-0.39, 0.29) is 0 Å². The number of fused-ring (bicyclic) bond motifs is 3. The molecule has 2 heterocycles. The van der Waals surface area contributed by atoms with Gasteiger partial charge in [0, 0.05) is 11.5 Å². The van der Waals surface area contributed by atoms with Crippen molar-refractivity contribution in [1.82, 2.24) is 30.8 Å². The molecule has 0 radical (unpaired) electrons. The van der Waals surface area contributed by atoms with Crippen molar-refractivity contribution in [2.75, 3.05) is 0 Å². The molecule has 2 aliphatic carbocycles. The lowest BCUT2D eigenvalue weighted by molar-refractivity contribution is 0.503. The molecule has 2 aromatic heterocycles. The first-order valence-corrected chi connectivity index (χ1v) is 6.56. The maximum Gasteiger partial charge on any atom is 0.222 e. The highest BCUT2D eigenvalue weighted by Crippen LogP contribution is 2.63. The summed E-state index contributed by atoms with van der Waals surface area (Å²) in [7, 11) is 0. The van der Waals surface area contributed by atoms with E-state index in [0.29, 0.717) is 11.7 Å². The van der Waals surface area contributed by atoms with Crippen molar-refractivity contribution in [3.8, 4) is 11.5 Å². The number of hydrogen-bond acceptors (Lipinski definition) is 4. The van der Waals surface area contributed by atoms with Gasteiger partial charge in [0.2, 0.25) is 5.82 Å². The Bertz CT molecular complexity index is 569. The third-order valence-electron chi connectivity index (χ3n) is 4.30. The smallest absolute Gasteiger partial charge is 0.222 e. The first-order valence-electron chi connectivity index (χ1n) is 6.56. The largest absolute Gasteiger partial charge is 0.274 e. The fraction of sp³-hybridized carbons (Fsp3) is 0.667. The van der Waals surface area contributed by atoms with E-state index in [2.05, 4.69) is 44.7 Å². The Balaban J connectivity index is 1.63. The van der Waals surface area contributed by atoms with Crippen molar-refractivity contribution in [1.29, 1.82) is 0 Å². The van der Waals surface area contributed by atoms with Crippen LogP contribution in [0.1, 0.15) is 37.4 Å². The van der Waals surface area contributed by atoms with Crippen LogP contribution in [-0.2, 0) is 6.42 Å². The summed E-state index contributed by atoms with van der Waals surface area (Å²) in [5.74, 6) is 3.74. The highest BCUT2D eigenvalue weighted by Gasteiger charge is 2.57. The van der Waals surface area contributed by atoms with Crippen LogP contribution in [0, 0.1) is 17.8 Å². The molecule has 2 aromatic rings. The molecule has 94 valence electrons. The monoisotopic (exact) mass is 244 g/mol. The SMILES string of the molecule is CC(C)CC1C2Cc3c(n[nH]c3-c3nn[nH]n3)C21. The summed E-state index contributed by atoms with van der Waals surface area (Å²) in [6.07, 6.45) is 2.44. The molecule has 4 rings (SSSR count). The number of H-pyrrole nitrogens is 2. The van der Waals surface area contributed by atoms with Gasteiger partial charge in [0.25, 0.3) is 0 Å². The maximum atomic E-state index is 4.49. The summed E-state index contributed by atoms with van der Waals surface area (Å²) in [5.41, 5.74) is 3.52. The number of aromatic amines is 2. The quantitative estimate of drug-likeness (QED) is 0.857. The Morgan fingerprint density at radius 2 is 2.22 bits per heavy atom. The molecule has 2 N–H and O–H groups in total. The van der Waals surface area contributed by atoms with Gasteiger partial charge in [-0.15, -0.1) is 10.2 Å². The first kappa shape index (κ1) is 10.2. The lowest BCUT2D eigenvalue weighted by atomic mass is 9.99. The number of rotatable bonds is 3. The van der Waals surface area contributed by atoms with Crippen LogP contribution in [0.3, 0.4) is 0 Å². The molecule has 0 bridgehead atoms. The van der Waals surface area contributed by atoms with Crippen LogP contribution >= 0.6 is 0 Å². The van der Waals surface area contributed by atoms with E-state index in [0.717, 1.165) is 29.9 Å². The summed E-state index contributed by atoms with van der Waals surface area (Å²) in [5, 5.41) is 21.7. The van der Waals surface area contributed by atoms with Crippen LogP contribution in [0.2, 0.25) is 0 Å². The molecule has 3 atom stereocenters. The number of hydrogen-bond donors (Lipinski definition) is 2. The van der Waals surface area contributed by atoms with Gasteiger partial charge in [-0.2, -0.15) is 10.3 Å². The molecule has 2 aliphatic rings. The Labute approximate surface area is 105 Å². The van der Waals surface area contributed by atoms with Crippen molar-refractivity contribution in [2.24, 2.45) is 17.8 Å². The number of tetrazole rings is 1. The molecule has 18 heavy (non-hydrogen) atoms. The van der Waals surface area contributed by atoms with Crippen LogP contribution in [0.5, 0.6) is 0 Å². The Hall–Kier alpha value is -1.72. The topological polar surface area (TPSA) is 83.1 Å². The molecule has 1 saturated carbocycles. The molecule has 0 saturated heterocycles. The van der Waals surface area contributed by atoms with Crippen LogP contribution in [0.25, 0.3) is 11.5 Å². The number of nitrogens with one attached hydrogen (secondary N) is 2. The predicted octanol–water partition coefficient (Wildman–Crippen LogP) is 1.52. The molecular weight excluding hydrogens is 228 g/mol. The minimum atomic E-state index is 0.630. The third kappa shape index (κ3) is 1.28. The summed E-state index contributed by atoms with van der Waals surface area (Å²) in [4.78, 5) is 0. The Kier molecular flexibility index (Phi) is 1.93. The summed E-state index contributed by atoms with van der Waals surface area (Å²) < 4.78 is 0.